The Kier molecular flexibility index (Phi) is 3.13. The van der Waals surface area contributed by atoms with E-state index in [9.17, 15) is 0 Å². The average Bonchev–Trinajstić information content (AvgIpc) is 2.50. The predicted octanol–water partition coefficient (Wildman–Crippen LogP) is 1.49. The highest BCUT2D eigenvalue weighted by atomic mass is 32.2. The topological polar surface area (TPSA) is 29.9 Å². The van der Waals surface area contributed by atoms with Crippen molar-refractivity contribution in [2.75, 3.05) is 25.1 Å². The number of nitrogens with one attached hydrogen (secondary N) is 1. The molecule has 1 unspecified atom stereocenters. The van der Waals surface area contributed by atoms with Crippen molar-refractivity contribution in [3.05, 3.63) is 18.0 Å². The summed E-state index contributed by atoms with van der Waals surface area (Å²) in [6, 6.07) is 2.79. The summed E-state index contributed by atoms with van der Waals surface area (Å²) < 4.78 is 2.21. The van der Waals surface area contributed by atoms with Gasteiger partial charge in [-0.3, -0.25) is 4.68 Å². The van der Waals surface area contributed by atoms with Gasteiger partial charge in [0.15, 0.2) is 0 Å². The van der Waals surface area contributed by atoms with E-state index in [1.54, 1.807) is 0 Å². The van der Waals surface area contributed by atoms with Crippen LogP contribution in [0.15, 0.2) is 12.3 Å². The molecule has 1 aromatic rings. The molecule has 1 atom stereocenters. The molecule has 0 radical (unpaired) electrons. The molecule has 2 rings (SSSR count). The van der Waals surface area contributed by atoms with Gasteiger partial charge in [-0.05, 0) is 13.1 Å². The smallest absolute Gasteiger partial charge is 0.0703 e. The lowest BCUT2D eigenvalue weighted by molar-refractivity contribution is 0.482. The number of hydrogen-bond donors (Lipinski definition) is 1. The fourth-order valence-electron chi connectivity index (χ4n) is 1.79. The van der Waals surface area contributed by atoms with Gasteiger partial charge in [0, 0.05) is 35.9 Å². The molecule has 14 heavy (non-hydrogen) atoms. The van der Waals surface area contributed by atoms with Crippen molar-refractivity contribution in [2.45, 2.75) is 18.9 Å². The van der Waals surface area contributed by atoms with Gasteiger partial charge in [0.05, 0.1) is 6.04 Å². The minimum atomic E-state index is 0.549. The van der Waals surface area contributed by atoms with E-state index >= 15 is 0 Å². The maximum absolute atomic E-state index is 4.42. The van der Waals surface area contributed by atoms with Gasteiger partial charge in [0.2, 0.25) is 0 Å². The first-order valence-electron chi connectivity index (χ1n) is 5.08. The minimum absolute atomic E-state index is 0.549. The molecule has 1 aliphatic heterocycles. The number of hydrogen-bond acceptors (Lipinski definition) is 3. The lowest BCUT2D eigenvalue weighted by atomic mass is 10.1. The number of likely N-dealkylation sites (N-methyl/N-ethyl adjacent to an activating group) is 1. The Bertz CT molecular complexity index is 293. The first kappa shape index (κ1) is 10.1. The van der Waals surface area contributed by atoms with E-state index in [4.69, 9.17) is 0 Å². The van der Waals surface area contributed by atoms with E-state index < -0.39 is 0 Å². The van der Waals surface area contributed by atoms with Crippen molar-refractivity contribution in [2.24, 2.45) is 0 Å². The van der Waals surface area contributed by atoms with Crippen molar-refractivity contribution < 1.29 is 0 Å². The number of rotatable bonds is 4. The Morgan fingerprint density at radius 2 is 2.50 bits per heavy atom. The molecule has 0 aliphatic carbocycles. The van der Waals surface area contributed by atoms with Crippen LogP contribution in [0.2, 0.25) is 0 Å². The summed E-state index contributed by atoms with van der Waals surface area (Å²) in [6.07, 6.45) is 1.92. The van der Waals surface area contributed by atoms with Gasteiger partial charge in [0.1, 0.15) is 0 Å². The van der Waals surface area contributed by atoms with Gasteiger partial charge < -0.3 is 5.32 Å². The SMILES string of the molecule is CNCC(C)c1ccnn1C1CSC1. The highest BCUT2D eigenvalue weighted by Crippen LogP contribution is 2.31. The van der Waals surface area contributed by atoms with Crippen LogP contribution in [0.5, 0.6) is 0 Å². The van der Waals surface area contributed by atoms with Crippen molar-refractivity contribution >= 4 is 11.8 Å². The monoisotopic (exact) mass is 211 g/mol. The molecule has 78 valence electrons. The van der Waals surface area contributed by atoms with Crippen LogP contribution in [-0.2, 0) is 0 Å². The summed E-state index contributed by atoms with van der Waals surface area (Å²) in [5, 5.41) is 7.63. The molecule has 0 spiro atoms. The average molecular weight is 211 g/mol. The lowest BCUT2D eigenvalue weighted by Crippen LogP contribution is -2.27. The molecule has 1 aliphatic rings. The number of thioether (sulfide) groups is 1. The second kappa shape index (κ2) is 4.36. The first-order valence-corrected chi connectivity index (χ1v) is 6.24. The number of aromatic nitrogens is 2. The van der Waals surface area contributed by atoms with Crippen LogP contribution in [0.1, 0.15) is 24.6 Å². The molecule has 2 heterocycles. The second-order valence-corrected chi connectivity index (χ2v) is 4.93. The maximum atomic E-state index is 4.42. The van der Waals surface area contributed by atoms with Crippen LogP contribution in [0.4, 0.5) is 0 Å². The Morgan fingerprint density at radius 3 is 3.07 bits per heavy atom. The van der Waals surface area contributed by atoms with E-state index in [2.05, 4.69) is 28.1 Å². The molecule has 0 aromatic carbocycles. The third-order valence-electron chi connectivity index (χ3n) is 2.68. The summed E-state index contributed by atoms with van der Waals surface area (Å²) in [7, 11) is 2.00. The molecule has 1 aromatic heterocycles. The maximum Gasteiger partial charge on any atom is 0.0703 e. The summed E-state index contributed by atoms with van der Waals surface area (Å²) >= 11 is 2.00. The van der Waals surface area contributed by atoms with Gasteiger partial charge in [0.25, 0.3) is 0 Å². The predicted molar refractivity (Wildman–Crippen MR) is 60.9 cm³/mol. The Labute approximate surface area is 89.3 Å². The third-order valence-corrected chi connectivity index (χ3v) is 3.92. The van der Waals surface area contributed by atoms with Crippen LogP contribution in [0.3, 0.4) is 0 Å². The van der Waals surface area contributed by atoms with Gasteiger partial charge in [-0.15, -0.1) is 0 Å². The fraction of sp³-hybridized carbons (Fsp3) is 0.700. The largest absolute Gasteiger partial charge is 0.319 e. The number of nitrogens with zero attached hydrogens (tertiary/aromatic N) is 2. The van der Waals surface area contributed by atoms with Crippen LogP contribution < -0.4 is 5.32 Å². The Hall–Kier alpha value is -0.480. The van der Waals surface area contributed by atoms with Crippen molar-refractivity contribution in [3.63, 3.8) is 0 Å². The third kappa shape index (κ3) is 1.81. The molecular weight excluding hydrogens is 194 g/mol. The molecule has 1 saturated heterocycles. The standard InChI is InChI=1S/C10H17N3S/c1-8(5-11-2)10-3-4-12-13(10)9-6-14-7-9/h3-4,8-9,11H,5-7H2,1-2H3. The molecule has 1 N–H and O–H groups in total. The van der Waals surface area contributed by atoms with Gasteiger partial charge in [-0.1, -0.05) is 6.92 Å². The van der Waals surface area contributed by atoms with Crippen LogP contribution >= 0.6 is 11.8 Å². The van der Waals surface area contributed by atoms with Crippen LogP contribution in [-0.4, -0.2) is 34.9 Å². The zero-order chi connectivity index (χ0) is 9.97. The van der Waals surface area contributed by atoms with Crippen molar-refractivity contribution in [1.29, 1.82) is 0 Å². The molecule has 0 bridgehead atoms. The van der Waals surface area contributed by atoms with E-state index in [0.717, 1.165) is 6.54 Å². The van der Waals surface area contributed by atoms with Gasteiger partial charge in [-0.25, -0.2) is 0 Å². The normalized spacial score (nSPS) is 19.3. The van der Waals surface area contributed by atoms with Gasteiger partial charge >= 0.3 is 0 Å². The quantitative estimate of drug-likeness (QED) is 0.818. The fourth-order valence-corrected chi connectivity index (χ4v) is 2.52. The van der Waals surface area contributed by atoms with Crippen LogP contribution in [0.25, 0.3) is 0 Å². The molecule has 3 nitrogen and oxygen atoms in total. The van der Waals surface area contributed by atoms with Crippen LogP contribution in [0, 0.1) is 0 Å². The Morgan fingerprint density at radius 1 is 1.71 bits per heavy atom. The first-order chi connectivity index (χ1) is 6.83. The highest BCUT2D eigenvalue weighted by molar-refractivity contribution is 8.00. The zero-order valence-corrected chi connectivity index (χ0v) is 9.55. The molecule has 1 fully saturated rings. The van der Waals surface area contributed by atoms with E-state index in [1.165, 1.54) is 17.2 Å². The summed E-state index contributed by atoms with van der Waals surface area (Å²) in [5.74, 6) is 3.00. The molecule has 4 heteroatoms. The summed E-state index contributed by atoms with van der Waals surface area (Å²) in [4.78, 5) is 0. The van der Waals surface area contributed by atoms with E-state index in [-0.39, 0.29) is 0 Å². The van der Waals surface area contributed by atoms with E-state index in [1.807, 2.05) is 25.0 Å². The summed E-state index contributed by atoms with van der Waals surface area (Å²) in [6.45, 7) is 3.27. The van der Waals surface area contributed by atoms with Crippen molar-refractivity contribution in [3.8, 4) is 0 Å². The summed E-state index contributed by atoms with van der Waals surface area (Å²) in [5.41, 5.74) is 1.37. The van der Waals surface area contributed by atoms with Crippen molar-refractivity contribution in [1.82, 2.24) is 15.1 Å². The zero-order valence-electron chi connectivity index (χ0n) is 8.73. The van der Waals surface area contributed by atoms with E-state index in [0.29, 0.717) is 12.0 Å². The minimum Gasteiger partial charge on any atom is -0.319 e. The van der Waals surface area contributed by atoms with Gasteiger partial charge in [-0.2, -0.15) is 16.9 Å². The lowest BCUT2D eigenvalue weighted by Gasteiger charge is -2.28. The second-order valence-electron chi connectivity index (χ2n) is 3.85. The highest BCUT2D eigenvalue weighted by Gasteiger charge is 2.24. The Balaban J connectivity index is 2.11. The molecule has 0 amide bonds. The molecular formula is C10H17N3S. The molecule has 0 saturated carbocycles.